The molecule has 0 spiro atoms. The summed E-state index contributed by atoms with van der Waals surface area (Å²) in [6.07, 6.45) is 6.75. The van der Waals surface area contributed by atoms with E-state index in [1.807, 2.05) is 0 Å². The largest absolute Gasteiger partial charge is 0.323 e. The van der Waals surface area contributed by atoms with Crippen LogP contribution >= 0.6 is 23.6 Å². The van der Waals surface area contributed by atoms with Crippen LogP contribution in [0.3, 0.4) is 0 Å². The van der Waals surface area contributed by atoms with Crippen molar-refractivity contribution >= 4 is 33.8 Å². The first kappa shape index (κ1) is 15.0. The number of fused-ring (bicyclic) bond motifs is 3. The summed E-state index contributed by atoms with van der Waals surface area (Å²) in [7, 11) is 0. The second-order valence-corrected chi connectivity index (χ2v) is 7.44. The quantitative estimate of drug-likeness (QED) is 0.845. The van der Waals surface area contributed by atoms with Crippen LogP contribution in [-0.4, -0.2) is 9.55 Å². The van der Waals surface area contributed by atoms with Gasteiger partial charge in [-0.05, 0) is 49.4 Å². The molecule has 0 fully saturated rings. The molecule has 0 aromatic carbocycles. The van der Waals surface area contributed by atoms with Crippen molar-refractivity contribution in [3.05, 3.63) is 25.6 Å². The second kappa shape index (κ2) is 6.05. The smallest absolute Gasteiger partial charge is 0.263 e. The summed E-state index contributed by atoms with van der Waals surface area (Å²) in [6, 6.07) is 0. The van der Waals surface area contributed by atoms with E-state index in [0.717, 1.165) is 42.4 Å². The SMILES string of the molecule is CCC(CC)Cn1c(=S)[nH]c2sc3c(c2c1=O)CCCC3. The van der Waals surface area contributed by atoms with Crippen molar-refractivity contribution < 1.29 is 0 Å². The molecule has 21 heavy (non-hydrogen) atoms. The molecule has 0 aliphatic heterocycles. The highest BCUT2D eigenvalue weighted by molar-refractivity contribution is 7.71. The van der Waals surface area contributed by atoms with E-state index in [1.165, 1.54) is 23.3 Å². The van der Waals surface area contributed by atoms with Crippen LogP contribution in [0.2, 0.25) is 0 Å². The van der Waals surface area contributed by atoms with Gasteiger partial charge in [-0.25, -0.2) is 0 Å². The van der Waals surface area contributed by atoms with Crippen LogP contribution in [0.4, 0.5) is 0 Å². The van der Waals surface area contributed by atoms with E-state index < -0.39 is 0 Å². The summed E-state index contributed by atoms with van der Waals surface area (Å²) < 4.78 is 2.37. The van der Waals surface area contributed by atoms with Gasteiger partial charge in [0.2, 0.25) is 0 Å². The van der Waals surface area contributed by atoms with Crippen molar-refractivity contribution in [1.82, 2.24) is 9.55 Å². The number of thiophene rings is 1. The van der Waals surface area contributed by atoms with E-state index in [4.69, 9.17) is 12.2 Å². The predicted octanol–water partition coefficient (Wildman–Crippen LogP) is 4.44. The molecule has 3 nitrogen and oxygen atoms in total. The molecular weight excluding hydrogens is 300 g/mol. The number of aryl methyl sites for hydroxylation is 2. The van der Waals surface area contributed by atoms with Gasteiger partial charge in [0.05, 0.1) is 5.39 Å². The molecule has 0 saturated heterocycles. The Hall–Kier alpha value is -0.940. The molecule has 0 saturated carbocycles. The number of nitrogens with zero attached hydrogens (tertiary/aromatic N) is 1. The van der Waals surface area contributed by atoms with E-state index in [0.29, 0.717) is 10.7 Å². The van der Waals surface area contributed by atoms with E-state index >= 15 is 0 Å². The Morgan fingerprint density at radius 3 is 2.71 bits per heavy atom. The van der Waals surface area contributed by atoms with Crippen molar-refractivity contribution in [2.45, 2.75) is 58.9 Å². The highest BCUT2D eigenvalue weighted by Gasteiger charge is 2.20. The van der Waals surface area contributed by atoms with Crippen molar-refractivity contribution in [1.29, 1.82) is 0 Å². The van der Waals surface area contributed by atoms with Crippen LogP contribution in [0.25, 0.3) is 10.2 Å². The fourth-order valence-corrected chi connectivity index (χ4v) is 4.85. The number of nitrogens with one attached hydrogen (secondary N) is 1. The lowest BCUT2D eigenvalue weighted by Gasteiger charge is -2.15. The summed E-state index contributed by atoms with van der Waals surface area (Å²) in [4.78, 5) is 18.6. The summed E-state index contributed by atoms with van der Waals surface area (Å²) in [5.74, 6) is 0.518. The molecule has 1 aliphatic rings. The first-order valence-corrected chi connectivity index (χ1v) is 9.15. The van der Waals surface area contributed by atoms with Gasteiger partial charge in [0.25, 0.3) is 5.56 Å². The monoisotopic (exact) mass is 322 g/mol. The van der Waals surface area contributed by atoms with Crippen LogP contribution < -0.4 is 5.56 Å². The third kappa shape index (κ3) is 2.61. The minimum atomic E-state index is 0.125. The molecule has 1 aliphatic carbocycles. The Kier molecular flexibility index (Phi) is 4.31. The Morgan fingerprint density at radius 2 is 2.00 bits per heavy atom. The van der Waals surface area contributed by atoms with Crippen molar-refractivity contribution in [3.8, 4) is 0 Å². The molecule has 5 heteroatoms. The predicted molar refractivity (Wildman–Crippen MR) is 92.0 cm³/mol. The summed E-state index contributed by atoms with van der Waals surface area (Å²) >= 11 is 7.17. The fourth-order valence-electron chi connectivity index (χ4n) is 3.24. The maximum atomic E-state index is 12.9. The van der Waals surface area contributed by atoms with Crippen LogP contribution in [0.1, 0.15) is 50.0 Å². The Labute approximate surface area is 134 Å². The Morgan fingerprint density at radius 1 is 1.29 bits per heavy atom. The molecule has 3 rings (SSSR count). The molecule has 2 aromatic heterocycles. The molecule has 2 heterocycles. The highest BCUT2D eigenvalue weighted by atomic mass is 32.1. The van der Waals surface area contributed by atoms with Gasteiger partial charge in [-0.1, -0.05) is 26.7 Å². The minimum Gasteiger partial charge on any atom is -0.323 e. The number of hydrogen-bond donors (Lipinski definition) is 1. The first-order chi connectivity index (χ1) is 10.2. The van der Waals surface area contributed by atoms with E-state index in [9.17, 15) is 4.79 Å². The van der Waals surface area contributed by atoms with Crippen molar-refractivity contribution in [2.75, 3.05) is 0 Å². The van der Waals surface area contributed by atoms with Gasteiger partial charge in [0, 0.05) is 11.4 Å². The minimum absolute atomic E-state index is 0.125. The molecule has 2 aromatic rings. The lowest BCUT2D eigenvalue weighted by Crippen LogP contribution is -2.26. The van der Waals surface area contributed by atoms with E-state index in [-0.39, 0.29) is 5.56 Å². The van der Waals surface area contributed by atoms with Gasteiger partial charge in [-0.3, -0.25) is 9.36 Å². The number of aromatic amines is 1. The molecule has 0 unspecified atom stereocenters. The first-order valence-electron chi connectivity index (χ1n) is 7.93. The van der Waals surface area contributed by atoms with Gasteiger partial charge in [-0.15, -0.1) is 11.3 Å². The van der Waals surface area contributed by atoms with Crippen molar-refractivity contribution in [3.63, 3.8) is 0 Å². The summed E-state index contributed by atoms with van der Waals surface area (Å²) in [6.45, 7) is 5.09. The fraction of sp³-hybridized carbons (Fsp3) is 0.625. The van der Waals surface area contributed by atoms with Crippen LogP contribution in [-0.2, 0) is 19.4 Å². The van der Waals surface area contributed by atoms with Gasteiger partial charge in [0.1, 0.15) is 4.83 Å². The van der Waals surface area contributed by atoms with Crippen LogP contribution in [0, 0.1) is 10.7 Å². The summed E-state index contributed by atoms with van der Waals surface area (Å²) in [5.41, 5.74) is 1.41. The van der Waals surface area contributed by atoms with E-state index in [1.54, 1.807) is 15.9 Å². The zero-order valence-electron chi connectivity index (χ0n) is 12.7. The maximum absolute atomic E-state index is 12.9. The number of rotatable bonds is 4. The topological polar surface area (TPSA) is 37.8 Å². The zero-order valence-corrected chi connectivity index (χ0v) is 14.3. The van der Waals surface area contributed by atoms with Gasteiger partial charge in [-0.2, -0.15) is 0 Å². The highest BCUT2D eigenvalue weighted by Crippen LogP contribution is 2.33. The Balaban J connectivity index is 2.18. The molecule has 1 N–H and O–H groups in total. The second-order valence-electron chi connectivity index (χ2n) is 5.94. The lowest BCUT2D eigenvalue weighted by molar-refractivity contribution is 0.408. The number of aromatic nitrogens is 2. The van der Waals surface area contributed by atoms with Crippen LogP contribution in [0.15, 0.2) is 4.79 Å². The third-order valence-corrected chi connectivity index (χ3v) is 6.22. The molecule has 0 bridgehead atoms. The normalized spacial score (nSPS) is 14.8. The van der Waals surface area contributed by atoms with E-state index in [2.05, 4.69) is 18.8 Å². The molecule has 0 atom stereocenters. The molecular formula is C16H22N2OS2. The van der Waals surface area contributed by atoms with Gasteiger partial charge < -0.3 is 4.98 Å². The summed E-state index contributed by atoms with van der Waals surface area (Å²) in [5, 5.41) is 0.911. The molecule has 0 radical (unpaired) electrons. The maximum Gasteiger partial charge on any atom is 0.263 e. The number of hydrogen-bond acceptors (Lipinski definition) is 3. The third-order valence-electron chi connectivity index (χ3n) is 4.69. The zero-order chi connectivity index (χ0) is 15.0. The molecule has 114 valence electrons. The van der Waals surface area contributed by atoms with Crippen LogP contribution in [0.5, 0.6) is 0 Å². The number of H-pyrrole nitrogens is 1. The average Bonchev–Trinajstić information content (AvgIpc) is 2.85. The lowest BCUT2D eigenvalue weighted by atomic mass is 9.97. The average molecular weight is 322 g/mol. The van der Waals surface area contributed by atoms with Gasteiger partial charge in [0.15, 0.2) is 4.77 Å². The standard InChI is InChI=1S/C16H22N2OS2/c1-3-10(4-2)9-18-15(19)13-11-7-5-6-8-12(11)21-14(13)17-16(18)20/h10H,3-9H2,1-2H3,(H,17,20). The Bertz CT molecular complexity index is 765. The molecule has 0 amide bonds. The van der Waals surface area contributed by atoms with Gasteiger partial charge >= 0.3 is 0 Å². The van der Waals surface area contributed by atoms with Crippen molar-refractivity contribution in [2.24, 2.45) is 5.92 Å².